The summed E-state index contributed by atoms with van der Waals surface area (Å²) in [5.41, 5.74) is 12.8. The van der Waals surface area contributed by atoms with Gasteiger partial charge in [0, 0.05) is 41.3 Å². The number of ether oxygens (including phenoxy) is 1. The maximum atomic E-state index is 14.1. The van der Waals surface area contributed by atoms with Crippen molar-refractivity contribution in [1.82, 2.24) is 10.2 Å². The van der Waals surface area contributed by atoms with E-state index in [0.717, 1.165) is 28.4 Å². The molecule has 0 aromatic heterocycles. The minimum atomic E-state index is -1.46. The van der Waals surface area contributed by atoms with Crippen LogP contribution in [0.2, 0.25) is 0 Å². The summed E-state index contributed by atoms with van der Waals surface area (Å²) < 4.78 is 6.19. The van der Waals surface area contributed by atoms with Gasteiger partial charge in [-0.2, -0.15) is 0 Å². The zero-order valence-corrected chi connectivity index (χ0v) is 26.7. The Kier molecular flexibility index (Phi) is 12.5. The van der Waals surface area contributed by atoms with Crippen LogP contribution in [0.3, 0.4) is 0 Å². The number of halogens is 1. The lowest BCUT2D eigenvalue weighted by atomic mass is 9.70. The van der Waals surface area contributed by atoms with Gasteiger partial charge in [0.15, 0.2) is 0 Å². The smallest absolute Gasteiger partial charge is 0.249 e. The molecule has 0 aliphatic heterocycles. The monoisotopic (exact) mass is 654 g/mol. The van der Waals surface area contributed by atoms with Crippen LogP contribution in [0.15, 0.2) is 76.3 Å². The van der Waals surface area contributed by atoms with E-state index >= 15 is 0 Å². The minimum Gasteiger partial charge on any atom is -0.497 e. The molecule has 3 rings (SSSR count). The number of rotatable bonds is 15. The number of carbonyl (C=O) groups is 3. The average Bonchev–Trinajstić information content (AvgIpc) is 2.99. The molecule has 1 aliphatic carbocycles. The molecule has 0 saturated heterocycles. The summed E-state index contributed by atoms with van der Waals surface area (Å²) in [7, 11) is 1.56. The zero-order chi connectivity index (χ0) is 31.6. The molecule has 2 aromatic carbocycles. The molecular weight excluding hydrogens is 612 g/mol. The predicted molar refractivity (Wildman–Crippen MR) is 171 cm³/mol. The van der Waals surface area contributed by atoms with Gasteiger partial charge < -0.3 is 31.5 Å². The number of hydrogen-bond acceptors (Lipinski definition) is 6. The summed E-state index contributed by atoms with van der Waals surface area (Å²) in [5.74, 6) is -0.820. The van der Waals surface area contributed by atoms with Crippen LogP contribution in [0.25, 0.3) is 0 Å². The van der Waals surface area contributed by atoms with Gasteiger partial charge in [0.2, 0.25) is 17.7 Å². The van der Waals surface area contributed by atoms with E-state index in [9.17, 15) is 19.5 Å². The average molecular weight is 656 g/mol. The lowest BCUT2D eigenvalue weighted by Crippen LogP contribution is -2.48. The summed E-state index contributed by atoms with van der Waals surface area (Å²) in [6, 6.07) is 14.2. The fourth-order valence-corrected chi connectivity index (χ4v) is 5.86. The first-order valence-electron chi connectivity index (χ1n) is 14.6. The number of hydrogen-bond donors (Lipinski definition) is 4. The Morgan fingerprint density at radius 2 is 1.77 bits per heavy atom. The van der Waals surface area contributed by atoms with Crippen molar-refractivity contribution >= 4 is 33.7 Å². The molecule has 6 N–H and O–H groups in total. The van der Waals surface area contributed by atoms with E-state index in [2.05, 4.69) is 21.2 Å². The SMILES string of the molecule is CCCN(CCC)C(=O)C1=CC(C(N)=O)=CC(C[C@@H](O)[C@@H](N)Cc2cccc(Br)c2)(C(=O)NCc2cccc(OC)c2)C1. The summed E-state index contributed by atoms with van der Waals surface area (Å²) in [5, 5.41) is 14.4. The second kappa shape index (κ2) is 15.8. The first-order chi connectivity index (χ1) is 20.5. The van der Waals surface area contributed by atoms with Gasteiger partial charge in [-0.25, -0.2) is 0 Å². The Balaban J connectivity index is 1.98. The van der Waals surface area contributed by atoms with Crippen LogP contribution in [0.5, 0.6) is 5.75 Å². The molecule has 9 nitrogen and oxygen atoms in total. The summed E-state index contributed by atoms with van der Waals surface area (Å²) in [6.07, 6.45) is 3.57. The van der Waals surface area contributed by atoms with Gasteiger partial charge >= 0.3 is 0 Å². The van der Waals surface area contributed by atoms with Crippen LogP contribution in [-0.4, -0.2) is 60.1 Å². The van der Waals surface area contributed by atoms with Gasteiger partial charge in [-0.3, -0.25) is 14.4 Å². The number of nitrogens with one attached hydrogen (secondary N) is 1. The number of amides is 3. The van der Waals surface area contributed by atoms with Crippen molar-refractivity contribution in [3.8, 4) is 5.75 Å². The highest BCUT2D eigenvalue weighted by molar-refractivity contribution is 9.10. The Hall–Kier alpha value is -3.47. The minimum absolute atomic E-state index is 0.0167. The maximum absolute atomic E-state index is 14.1. The Labute approximate surface area is 262 Å². The molecular formula is C33H43BrN4O5. The van der Waals surface area contributed by atoms with Crippen molar-refractivity contribution in [3.05, 3.63) is 87.4 Å². The number of methoxy groups -OCH3 is 1. The van der Waals surface area contributed by atoms with Gasteiger partial charge in [-0.1, -0.05) is 60.1 Å². The van der Waals surface area contributed by atoms with Crippen LogP contribution in [-0.2, 0) is 27.3 Å². The van der Waals surface area contributed by atoms with E-state index in [0.29, 0.717) is 30.8 Å². The third kappa shape index (κ3) is 9.26. The molecule has 1 aliphatic rings. The number of nitrogens with zero attached hydrogens (tertiary/aromatic N) is 1. The number of aliphatic hydroxyl groups is 1. The summed E-state index contributed by atoms with van der Waals surface area (Å²) in [4.78, 5) is 42.1. The molecule has 0 saturated carbocycles. The van der Waals surface area contributed by atoms with Crippen LogP contribution >= 0.6 is 15.9 Å². The maximum Gasteiger partial charge on any atom is 0.249 e. The van der Waals surface area contributed by atoms with Crippen molar-refractivity contribution in [2.24, 2.45) is 16.9 Å². The molecule has 232 valence electrons. The normalized spacial score (nSPS) is 17.7. The molecule has 2 aromatic rings. The number of carbonyl (C=O) groups excluding carboxylic acids is 3. The predicted octanol–water partition coefficient (Wildman–Crippen LogP) is 3.77. The molecule has 43 heavy (non-hydrogen) atoms. The van der Waals surface area contributed by atoms with E-state index < -0.39 is 29.4 Å². The lowest BCUT2D eigenvalue weighted by Gasteiger charge is -2.37. The third-order valence-electron chi connectivity index (χ3n) is 7.57. The van der Waals surface area contributed by atoms with Crippen LogP contribution < -0.4 is 21.5 Å². The second-order valence-corrected chi connectivity index (χ2v) is 12.0. The van der Waals surface area contributed by atoms with Crippen molar-refractivity contribution in [2.75, 3.05) is 20.2 Å². The molecule has 0 radical (unpaired) electrons. The molecule has 10 heteroatoms. The number of primary amides is 1. The second-order valence-electron chi connectivity index (χ2n) is 11.1. The molecule has 0 bridgehead atoms. The highest BCUT2D eigenvalue weighted by Crippen LogP contribution is 2.40. The molecule has 3 amide bonds. The van der Waals surface area contributed by atoms with E-state index in [4.69, 9.17) is 16.2 Å². The van der Waals surface area contributed by atoms with Crippen molar-refractivity contribution in [2.45, 2.75) is 64.6 Å². The first-order valence-corrected chi connectivity index (χ1v) is 15.4. The van der Waals surface area contributed by atoms with Crippen molar-refractivity contribution in [1.29, 1.82) is 0 Å². The van der Waals surface area contributed by atoms with Gasteiger partial charge in [-0.15, -0.1) is 0 Å². The quantitative estimate of drug-likeness (QED) is 0.230. The van der Waals surface area contributed by atoms with Crippen LogP contribution in [0.4, 0.5) is 0 Å². The number of aliphatic hydroxyl groups excluding tert-OH is 1. The molecule has 1 unspecified atom stereocenters. The summed E-state index contributed by atoms with van der Waals surface area (Å²) >= 11 is 3.46. The van der Waals surface area contributed by atoms with E-state index in [1.165, 1.54) is 12.2 Å². The van der Waals surface area contributed by atoms with Gasteiger partial charge in [-0.05, 0) is 73.6 Å². The van der Waals surface area contributed by atoms with Crippen LogP contribution in [0, 0.1) is 5.41 Å². The molecule has 0 spiro atoms. The Morgan fingerprint density at radius 3 is 2.40 bits per heavy atom. The zero-order valence-electron chi connectivity index (χ0n) is 25.1. The van der Waals surface area contributed by atoms with Crippen LogP contribution in [0.1, 0.15) is 50.7 Å². The summed E-state index contributed by atoms with van der Waals surface area (Å²) in [6.45, 7) is 5.21. The van der Waals surface area contributed by atoms with Crippen molar-refractivity contribution in [3.63, 3.8) is 0 Å². The topological polar surface area (TPSA) is 148 Å². The van der Waals surface area contributed by atoms with Gasteiger partial charge in [0.25, 0.3) is 0 Å². The third-order valence-corrected chi connectivity index (χ3v) is 8.06. The molecule has 0 fully saturated rings. The highest BCUT2D eigenvalue weighted by atomic mass is 79.9. The Bertz CT molecular complexity index is 1350. The number of nitrogens with two attached hydrogens (primary N) is 2. The van der Waals surface area contributed by atoms with Crippen molar-refractivity contribution < 1.29 is 24.2 Å². The Morgan fingerprint density at radius 1 is 1.09 bits per heavy atom. The van der Waals surface area contributed by atoms with E-state index in [1.54, 1.807) is 18.1 Å². The van der Waals surface area contributed by atoms with E-state index in [-0.39, 0.29) is 30.9 Å². The fraction of sp³-hybridized carbons (Fsp3) is 0.424. The largest absolute Gasteiger partial charge is 0.497 e. The lowest BCUT2D eigenvalue weighted by molar-refractivity contribution is -0.131. The number of benzene rings is 2. The van der Waals surface area contributed by atoms with E-state index in [1.807, 2.05) is 56.3 Å². The highest BCUT2D eigenvalue weighted by Gasteiger charge is 2.44. The first kappa shape index (κ1) is 34.0. The fourth-order valence-electron chi connectivity index (χ4n) is 5.41. The standard InChI is InChI=1S/C33H43BrN4O5/c1-4-12-38(13-5-2)31(41)25-17-24(30(36)40)18-33(19-25,32(42)37-21-23-9-7-11-27(15-23)43-3)20-29(39)28(35)16-22-8-6-10-26(34)14-22/h6-11,14-15,17-18,28-29,39H,4-5,12-13,16,19-21,35H2,1-3H3,(H2,36,40)(H,37,42)/t28-,29+,33?/m0/s1. The van der Waals surface area contributed by atoms with Gasteiger partial charge in [0.05, 0.1) is 18.6 Å². The molecule has 0 heterocycles. The molecule has 3 atom stereocenters. The van der Waals surface area contributed by atoms with Gasteiger partial charge in [0.1, 0.15) is 5.75 Å².